The van der Waals surface area contributed by atoms with Crippen molar-refractivity contribution in [3.8, 4) is 0 Å². The monoisotopic (exact) mass is 249 g/mol. The maximum absolute atomic E-state index is 5.99. The fourth-order valence-corrected chi connectivity index (χ4v) is 3.02. The van der Waals surface area contributed by atoms with Crippen LogP contribution in [0.15, 0.2) is 12.3 Å². The van der Waals surface area contributed by atoms with Gasteiger partial charge in [-0.15, -0.1) is 0 Å². The summed E-state index contributed by atoms with van der Waals surface area (Å²) in [5.41, 5.74) is 5.99. The molecule has 0 aromatic carbocycles. The summed E-state index contributed by atoms with van der Waals surface area (Å²) in [6.45, 7) is 0. The summed E-state index contributed by atoms with van der Waals surface area (Å²) < 4.78 is 2.05. The quantitative estimate of drug-likeness (QED) is 0.806. The molecule has 0 bridgehead atoms. The molecule has 1 aromatic heterocycles. The van der Waals surface area contributed by atoms with Crippen molar-refractivity contribution >= 4 is 5.82 Å². The third kappa shape index (κ3) is 4.04. The van der Waals surface area contributed by atoms with Crippen LogP contribution in [-0.2, 0) is 0 Å². The molecule has 18 heavy (non-hydrogen) atoms. The van der Waals surface area contributed by atoms with Crippen LogP contribution in [-0.4, -0.2) is 9.78 Å². The highest BCUT2D eigenvalue weighted by Crippen LogP contribution is 2.26. The first kappa shape index (κ1) is 13.4. The summed E-state index contributed by atoms with van der Waals surface area (Å²) in [6.07, 6.45) is 16.8. The zero-order valence-corrected chi connectivity index (χ0v) is 11.5. The van der Waals surface area contributed by atoms with Gasteiger partial charge in [0.2, 0.25) is 0 Å². The molecule has 0 unspecified atom stereocenters. The van der Waals surface area contributed by atoms with E-state index >= 15 is 0 Å². The van der Waals surface area contributed by atoms with Crippen LogP contribution in [0.4, 0.5) is 5.82 Å². The lowest BCUT2D eigenvalue weighted by Crippen LogP contribution is -2.13. The minimum atomic E-state index is 0.527. The average molecular weight is 249 g/mol. The smallest absolute Gasteiger partial charge is 0.121 e. The highest BCUT2D eigenvalue weighted by atomic mass is 15.3. The molecule has 0 saturated heterocycles. The number of hydrogen-bond donors (Lipinski definition) is 1. The standard InChI is InChI=1S/C15H27N3/c16-15-12-13-17-18(15)14-10-8-6-4-2-1-3-5-7-9-11-14/h12-14H,1-11,16H2. The summed E-state index contributed by atoms with van der Waals surface area (Å²) in [5.74, 6) is 0.826. The molecule has 0 amide bonds. The zero-order chi connectivity index (χ0) is 12.6. The SMILES string of the molecule is Nc1ccnn1C1CCCCCCCCCCC1. The van der Waals surface area contributed by atoms with Crippen molar-refractivity contribution in [2.75, 3.05) is 5.73 Å². The molecule has 1 heterocycles. The molecular formula is C15H27N3. The number of aromatic nitrogens is 2. The van der Waals surface area contributed by atoms with Crippen LogP contribution in [0.2, 0.25) is 0 Å². The number of nitrogens with zero attached hydrogens (tertiary/aromatic N) is 2. The summed E-state index contributed by atoms with van der Waals surface area (Å²) in [7, 11) is 0. The normalized spacial score (nSPS) is 21.1. The van der Waals surface area contributed by atoms with E-state index in [0.29, 0.717) is 6.04 Å². The van der Waals surface area contributed by atoms with E-state index in [1.165, 1.54) is 70.6 Å². The topological polar surface area (TPSA) is 43.8 Å². The molecular weight excluding hydrogens is 222 g/mol. The molecule has 0 aliphatic heterocycles. The van der Waals surface area contributed by atoms with Gasteiger partial charge in [0.25, 0.3) is 0 Å². The van der Waals surface area contributed by atoms with Crippen molar-refractivity contribution in [1.29, 1.82) is 0 Å². The first-order chi connectivity index (χ1) is 8.88. The first-order valence-electron chi connectivity index (χ1n) is 7.67. The number of nitrogens with two attached hydrogens (primary N) is 1. The largest absolute Gasteiger partial charge is 0.384 e. The maximum atomic E-state index is 5.99. The Hall–Kier alpha value is -0.990. The molecule has 1 aliphatic carbocycles. The van der Waals surface area contributed by atoms with Crippen LogP contribution in [0.5, 0.6) is 0 Å². The van der Waals surface area contributed by atoms with Gasteiger partial charge in [0.05, 0.1) is 12.2 Å². The second kappa shape index (κ2) is 7.45. The van der Waals surface area contributed by atoms with E-state index < -0.39 is 0 Å². The Morgan fingerprint density at radius 3 is 1.83 bits per heavy atom. The number of nitrogen functional groups attached to an aromatic ring is 1. The highest BCUT2D eigenvalue weighted by molar-refractivity contribution is 5.26. The van der Waals surface area contributed by atoms with Crippen LogP contribution in [0.3, 0.4) is 0 Å². The first-order valence-corrected chi connectivity index (χ1v) is 7.67. The van der Waals surface area contributed by atoms with Gasteiger partial charge in [-0.05, 0) is 18.9 Å². The van der Waals surface area contributed by atoms with E-state index in [1.54, 1.807) is 0 Å². The predicted molar refractivity (Wildman–Crippen MR) is 76.5 cm³/mol. The van der Waals surface area contributed by atoms with E-state index in [0.717, 1.165) is 5.82 Å². The Balaban J connectivity index is 1.91. The van der Waals surface area contributed by atoms with Gasteiger partial charge in [-0.1, -0.05) is 57.8 Å². The molecule has 3 heteroatoms. The Morgan fingerprint density at radius 2 is 1.39 bits per heavy atom. The molecule has 0 atom stereocenters. The zero-order valence-electron chi connectivity index (χ0n) is 11.5. The average Bonchev–Trinajstić information content (AvgIpc) is 2.76. The van der Waals surface area contributed by atoms with E-state index in [4.69, 9.17) is 5.73 Å². The van der Waals surface area contributed by atoms with Gasteiger partial charge in [-0.3, -0.25) is 0 Å². The molecule has 0 radical (unpaired) electrons. The highest BCUT2D eigenvalue weighted by Gasteiger charge is 2.13. The molecule has 1 aliphatic rings. The lowest BCUT2D eigenvalue weighted by atomic mass is 9.98. The van der Waals surface area contributed by atoms with Gasteiger partial charge < -0.3 is 5.73 Å². The fraction of sp³-hybridized carbons (Fsp3) is 0.800. The van der Waals surface area contributed by atoms with Crippen molar-refractivity contribution in [3.05, 3.63) is 12.3 Å². The lowest BCUT2D eigenvalue weighted by molar-refractivity contribution is 0.365. The van der Waals surface area contributed by atoms with E-state index in [-0.39, 0.29) is 0 Å². The molecule has 1 saturated carbocycles. The maximum Gasteiger partial charge on any atom is 0.121 e. The molecule has 1 aromatic rings. The van der Waals surface area contributed by atoms with Crippen LogP contribution >= 0.6 is 0 Å². The van der Waals surface area contributed by atoms with Gasteiger partial charge in [0.1, 0.15) is 5.82 Å². The van der Waals surface area contributed by atoms with Crippen molar-refractivity contribution in [1.82, 2.24) is 9.78 Å². The van der Waals surface area contributed by atoms with Crippen LogP contribution in [0.1, 0.15) is 76.7 Å². The Morgan fingerprint density at radius 1 is 0.889 bits per heavy atom. The third-order valence-electron chi connectivity index (χ3n) is 4.12. The second-order valence-corrected chi connectivity index (χ2v) is 5.61. The second-order valence-electron chi connectivity index (χ2n) is 5.61. The van der Waals surface area contributed by atoms with Gasteiger partial charge in [0, 0.05) is 0 Å². The third-order valence-corrected chi connectivity index (χ3v) is 4.12. The Kier molecular flexibility index (Phi) is 5.56. The van der Waals surface area contributed by atoms with Crippen LogP contribution in [0, 0.1) is 0 Å². The molecule has 0 spiro atoms. The predicted octanol–water partition coefficient (Wildman–Crippen LogP) is 4.31. The summed E-state index contributed by atoms with van der Waals surface area (Å²) in [6, 6.07) is 2.44. The minimum Gasteiger partial charge on any atom is -0.384 e. The molecule has 2 rings (SSSR count). The number of anilines is 1. The van der Waals surface area contributed by atoms with E-state index in [1.807, 2.05) is 16.9 Å². The fourth-order valence-electron chi connectivity index (χ4n) is 3.02. The van der Waals surface area contributed by atoms with Gasteiger partial charge >= 0.3 is 0 Å². The minimum absolute atomic E-state index is 0.527. The van der Waals surface area contributed by atoms with Crippen LogP contribution in [0.25, 0.3) is 0 Å². The van der Waals surface area contributed by atoms with Gasteiger partial charge in [-0.25, -0.2) is 4.68 Å². The van der Waals surface area contributed by atoms with Gasteiger partial charge in [-0.2, -0.15) is 5.10 Å². The summed E-state index contributed by atoms with van der Waals surface area (Å²) in [4.78, 5) is 0. The molecule has 3 nitrogen and oxygen atoms in total. The van der Waals surface area contributed by atoms with Crippen molar-refractivity contribution < 1.29 is 0 Å². The van der Waals surface area contributed by atoms with E-state index in [2.05, 4.69) is 5.10 Å². The van der Waals surface area contributed by atoms with E-state index in [9.17, 15) is 0 Å². The number of rotatable bonds is 1. The Labute approximate surface area is 111 Å². The summed E-state index contributed by atoms with van der Waals surface area (Å²) >= 11 is 0. The molecule has 2 N–H and O–H groups in total. The molecule has 102 valence electrons. The van der Waals surface area contributed by atoms with Crippen LogP contribution < -0.4 is 5.73 Å². The molecule has 1 fully saturated rings. The van der Waals surface area contributed by atoms with Crippen molar-refractivity contribution in [2.24, 2.45) is 0 Å². The summed E-state index contributed by atoms with van der Waals surface area (Å²) in [5, 5.41) is 4.40. The van der Waals surface area contributed by atoms with Crippen molar-refractivity contribution in [3.63, 3.8) is 0 Å². The van der Waals surface area contributed by atoms with Crippen molar-refractivity contribution in [2.45, 2.75) is 76.7 Å². The Bertz CT molecular complexity index is 320. The number of hydrogen-bond acceptors (Lipinski definition) is 2. The lowest BCUT2D eigenvalue weighted by Gasteiger charge is -2.19. The van der Waals surface area contributed by atoms with Gasteiger partial charge in [0.15, 0.2) is 0 Å².